The molecule has 2 N–H and O–H groups in total. The normalized spacial score (nSPS) is 16.1. The molecule has 4 heteroatoms. The monoisotopic (exact) mass is 362 g/mol. The van der Waals surface area contributed by atoms with E-state index in [0.29, 0.717) is 0 Å². The van der Waals surface area contributed by atoms with Gasteiger partial charge in [-0.2, -0.15) is 0 Å². The molecule has 3 rings (SSSR count). The second-order valence-electron chi connectivity index (χ2n) is 7.20. The van der Waals surface area contributed by atoms with Crippen LogP contribution in [0.15, 0.2) is 42.5 Å². The van der Waals surface area contributed by atoms with Crippen molar-refractivity contribution in [1.29, 1.82) is 0 Å². The van der Waals surface area contributed by atoms with E-state index < -0.39 is 0 Å². The zero-order valence-corrected chi connectivity index (χ0v) is 16.2. The number of carbonyl (C=O) groups excluding carboxylic acids is 1. The molecule has 2 aromatic carbocycles. The number of ether oxygens (including phenoxy) is 1. The third-order valence-electron chi connectivity index (χ3n) is 4.67. The number of anilines is 1. The van der Waals surface area contributed by atoms with Crippen LogP contribution in [0, 0.1) is 18.8 Å². The molecular formula is C23H26N2O2. The number of nitrogens with two attached hydrogens (primary N) is 1. The summed E-state index contributed by atoms with van der Waals surface area (Å²) in [6.07, 6.45) is 1.97. The Balaban J connectivity index is 1.72. The van der Waals surface area contributed by atoms with Gasteiger partial charge < -0.3 is 15.4 Å². The predicted octanol–water partition coefficient (Wildman–Crippen LogP) is 3.64. The highest BCUT2D eigenvalue weighted by Gasteiger charge is 2.28. The molecule has 4 nitrogen and oxygen atoms in total. The Hall–Kier alpha value is -2.93. The molecule has 0 spiro atoms. The SMILES string of the molecule is Cc1cc(C#Cc2ccc(N3CCC[C@@H]3C(N)=O)cc2)ccc1OC(C)C. The molecule has 2 aromatic rings. The molecule has 1 fully saturated rings. The maximum atomic E-state index is 11.6. The van der Waals surface area contributed by atoms with Crippen LogP contribution in [0.1, 0.15) is 43.4 Å². The zero-order valence-electron chi connectivity index (χ0n) is 16.2. The van der Waals surface area contributed by atoms with E-state index in [1.807, 2.05) is 63.2 Å². The number of benzene rings is 2. The van der Waals surface area contributed by atoms with Gasteiger partial charge in [-0.1, -0.05) is 11.8 Å². The van der Waals surface area contributed by atoms with Gasteiger partial charge in [0.2, 0.25) is 5.91 Å². The lowest BCUT2D eigenvalue weighted by Gasteiger charge is -2.24. The number of hydrogen-bond donors (Lipinski definition) is 1. The summed E-state index contributed by atoms with van der Waals surface area (Å²) in [5.74, 6) is 7.05. The molecule has 1 amide bonds. The van der Waals surface area contributed by atoms with Crippen molar-refractivity contribution in [2.24, 2.45) is 5.73 Å². The largest absolute Gasteiger partial charge is 0.491 e. The zero-order chi connectivity index (χ0) is 19.4. The van der Waals surface area contributed by atoms with Gasteiger partial charge in [0.15, 0.2) is 0 Å². The van der Waals surface area contributed by atoms with E-state index >= 15 is 0 Å². The highest BCUT2D eigenvalue weighted by atomic mass is 16.5. The second kappa shape index (κ2) is 8.18. The summed E-state index contributed by atoms with van der Waals surface area (Å²) >= 11 is 0. The Morgan fingerprint density at radius 1 is 1.15 bits per heavy atom. The third kappa shape index (κ3) is 4.62. The number of nitrogens with zero attached hydrogens (tertiary/aromatic N) is 1. The first kappa shape index (κ1) is 18.8. The van der Waals surface area contributed by atoms with Crippen molar-refractivity contribution in [2.45, 2.75) is 45.8 Å². The van der Waals surface area contributed by atoms with Crippen molar-refractivity contribution in [3.8, 4) is 17.6 Å². The molecule has 27 heavy (non-hydrogen) atoms. The molecule has 1 atom stereocenters. The number of amides is 1. The fourth-order valence-corrected chi connectivity index (χ4v) is 3.37. The van der Waals surface area contributed by atoms with Crippen LogP contribution in [0.5, 0.6) is 5.75 Å². The molecular weight excluding hydrogens is 336 g/mol. The number of carbonyl (C=O) groups is 1. The van der Waals surface area contributed by atoms with Crippen LogP contribution < -0.4 is 15.4 Å². The summed E-state index contributed by atoms with van der Waals surface area (Å²) in [5, 5.41) is 0. The predicted molar refractivity (Wildman–Crippen MR) is 109 cm³/mol. The van der Waals surface area contributed by atoms with Crippen molar-refractivity contribution in [3.05, 3.63) is 59.2 Å². The average Bonchev–Trinajstić information content (AvgIpc) is 3.12. The minimum absolute atomic E-state index is 0.156. The fourth-order valence-electron chi connectivity index (χ4n) is 3.37. The Bertz CT molecular complexity index is 875. The smallest absolute Gasteiger partial charge is 0.240 e. The van der Waals surface area contributed by atoms with Crippen molar-refractivity contribution in [2.75, 3.05) is 11.4 Å². The molecule has 1 heterocycles. The highest BCUT2D eigenvalue weighted by Crippen LogP contribution is 2.25. The van der Waals surface area contributed by atoms with Crippen LogP contribution in [0.2, 0.25) is 0 Å². The quantitative estimate of drug-likeness (QED) is 0.845. The Morgan fingerprint density at radius 3 is 2.44 bits per heavy atom. The molecule has 1 saturated heterocycles. The lowest BCUT2D eigenvalue weighted by molar-refractivity contribution is -0.119. The van der Waals surface area contributed by atoms with Crippen LogP contribution in [0.4, 0.5) is 5.69 Å². The van der Waals surface area contributed by atoms with Gasteiger partial charge in [0.25, 0.3) is 0 Å². The molecule has 0 radical (unpaired) electrons. The van der Waals surface area contributed by atoms with Crippen molar-refractivity contribution < 1.29 is 9.53 Å². The average molecular weight is 362 g/mol. The Labute approximate surface area is 161 Å². The van der Waals surface area contributed by atoms with Gasteiger partial charge in [-0.3, -0.25) is 4.79 Å². The van der Waals surface area contributed by atoms with Gasteiger partial charge in [0.05, 0.1) is 6.10 Å². The molecule has 0 aromatic heterocycles. The summed E-state index contributed by atoms with van der Waals surface area (Å²) in [6, 6.07) is 13.8. The van der Waals surface area contributed by atoms with Gasteiger partial charge in [0, 0.05) is 23.4 Å². The van der Waals surface area contributed by atoms with Crippen molar-refractivity contribution in [1.82, 2.24) is 0 Å². The van der Waals surface area contributed by atoms with Gasteiger partial charge in [-0.05, 0) is 81.6 Å². The lowest BCUT2D eigenvalue weighted by Crippen LogP contribution is -2.40. The standard InChI is InChI=1S/C23H26N2O2/c1-16(2)27-22-13-10-19(15-17(22)3)7-6-18-8-11-20(12-9-18)25-14-4-5-21(25)23(24)26/h8-13,15-16,21H,4-5,14H2,1-3H3,(H2,24,26)/t21-/m1/s1. The first-order chi connectivity index (χ1) is 12.9. The van der Waals surface area contributed by atoms with Crippen LogP contribution in [0.3, 0.4) is 0 Å². The van der Waals surface area contributed by atoms with Crippen LogP contribution in [0.25, 0.3) is 0 Å². The van der Waals surface area contributed by atoms with E-state index in [0.717, 1.165) is 47.5 Å². The Morgan fingerprint density at radius 2 is 1.81 bits per heavy atom. The summed E-state index contributed by atoms with van der Waals surface area (Å²) in [5.41, 5.74) is 9.50. The summed E-state index contributed by atoms with van der Waals surface area (Å²) in [4.78, 5) is 13.7. The summed E-state index contributed by atoms with van der Waals surface area (Å²) in [6.45, 7) is 6.93. The highest BCUT2D eigenvalue weighted by molar-refractivity contribution is 5.84. The minimum Gasteiger partial charge on any atom is -0.491 e. The van der Waals surface area contributed by atoms with Crippen molar-refractivity contribution in [3.63, 3.8) is 0 Å². The first-order valence-electron chi connectivity index (χ1n) is 9.39. The first-order valence-corrected chi connectivity index (χ1v) is 9.39. The molecule has 1 aliphatic heterocycles. The summed E-state index contributed by atoms with van der Waals surface area (Å²) < 4.78 is 5.76. The molecule has 0 saturated carbocycles. The second-order valence-corrected chi connectivity index (χ2v) is 7.20. The van der Waals surface area contributed by atoms with E-state index in [1.165, 1.54) is 0 Å². The van der Waals surface area contributed by atoms with Gasteiger partial charge >= 0.3 is 0 Å². The van der Waals surface area contributed by atoms with Gasteiger partial charge in [-0.15, -0.1) is 0 Å². The maximum Gasteiger partial charge on any atom is 0.240 e. The topological polar surface area (TPSA) is 55.6 Å². The minimum atomic E-state index is -0.253. The Kier molecular flexibility index (Phi) is 5.71. The van der Waals surface area contributed by atoms with Crippen LogP contribution in [-0.4, -0.2) is 24.6 Å². The molecule has 140 valence electrons. The molecule has 0 unspecified atom stereocenters. The van der Waals surface area contributed by atoms with E-state index in [9.17, 15) is 4.79 Å². The van der Waals surface area contributed by atoms with Crippen LogP contribution >= 0.6 is 0 Å². The van der Waals surface area contributed by atoms with E-state index in [2.05, 4.69) is 16.7 Å². The number of hydrogen-bond acceptors (Lipinski definition) is 3. The number of primary amides is 1. The molecule has 0 aliphatic carbocycles. The van der Waals surface area contributed by atoms with Crippen LogP contribution in [-0.2, 0) is 4.79 Å². The van der Waals surface area contributed by atoms with E-state index in [1.54, 1.807) is 0 Å². The summed E-state index contributed by atoms with van der Waals surface area (Å²) in [7, 11) is 0. The van der Waals surface area contributed by atoms with E-state index in [-0.39, 0.29) is 18.1 Å². The number of rotatable bonds is 4. The van der Waals surface area contributed by atoms with Gasteiger partial charge in [-0.25, -0.2) is 0 Å². The maximum absolute atomic E-state index is 11.6. The van der Waals surface area contributed by atoms with E-state index in [4.69, 9.17) is 10.5 Å². The fraction of sp³-hybridized carbons (Fsp3) is 0.348. The molecule has 1 aliphatic rings. The van der Waals surface area contributed by atoms with Crippen molar-refractivity contribution >= 4 is 11.6 Å². The molecule has 0 bridgehead atoms. The number of aryl methyl sites for hydroxylation is 1. The third-order valence-corrected chi connectivity index (χ3v) is 4.67. The van der Waals surface area contributed by atoms with Gasteiger partial charge in [0.1, 0.15) is 11.8 Å². The lowest BCUT2D eigenvalue weighted by atomic mass is 10.1.